The third kappa shape index (κ3) is 2.83. The second kappa shape index (κ2) is 5.93. The van der Waals surface area contributed by atoms with Gasteiger partial charge in [0.1, 0.15) is 5.58 Å². The number of benzene rings is 2. The number of nitrogens with zero attached hydrogens (tertiary/aromatic N) is 1. The molecular formula is C24H21NOS. The largest absolute Gasteiger partial charge is 0.454 e. The van der Waals surface area contributed by atoms with Crippen LogP contribution in [0.1, 0.15) is 29.1 Å². The van der Waals surface area contributed by atoms with Gasteiger partial charge in [0.25, 0.3) is 0 Å². The Morgan fingerprint density at radius 2 is 1.89 bits per heavy atom. The highest BCUT2D eigenvalue weighted by Gasteiger charge is 2.16. The SMILES string of the molecule is [2H]C([2H])(c1ccnc(-c2cccc3c2oc2c3ccc3ccsc32)c1)C(C)(C)C. The number of fused-ring (bicyclic) bond motifs is 5. The Kier molecular flexibility index (Phi) is 3.17. The Balaban J connectivity index is 1.76. The van der Waals surface area contributed by atoms with Gasteiger partial charge in [-0.2, -0.15) is 0 Å². The zero-order valence-corrected chi connectivity index (χ0v) is 16.4. The van der Waals surface area contributed by atoms with Gasteiger partial charge in [-0.3, -0.25) is 4.98 Å². The molecule has 0 bridgehead atoms. The molecule has 3 heteroatoms. The lowest BCUT2D eigenvalue weighted by Crippen LogP contribution is -2.09. The topological polar surface area (TPSA) is 26.0 Å². The molecule has 0 fully saturated rings. The second-order valence-corrected chi connectivity index (χ2v) is 8.79. The average molecular weight is 374 g/mol. The van der Waals surface area contributed by atoms with Crippen molar-refractivity contribution in [1.29, 1.82) is 0 Å². The van der Waals surface area contributed by atoms with Crippen molar-refractivity contribution in [2.24, 2.45) is 5.41 Å². The Bertz CT molecular complexity index is 1370. The first-order valence-corrected chi connectivity index (χ1v) is 9.94. The van der Waals surface area contributed by atoms with Crippen molar-refractivity contribution in [1.82, 2.24) is 4.98 Å². The van der Waals surface area contributed by atoms with Gasteiger partial charge in [0, 0.05) is 25.3 Å². The van der Waals surface area contributed by atoms with Gasteiger partial charge in [-0.05, 0) is 58.4 Å². The van der Waals surface area contributed by atoms with E-state index in [2.05, 4.69) is 34.6 Å². The molecule has 134 valence electrons. The molecule has 3 aromatic heterocycles. The molecule has 0 atom stereocenters. The van der Waals surface area contributed by atoms with E-state index in [0.29, 0.717) is 5.56 Å². The van der Waals surface area contributed by atoms with E-state index in [0.717, 1.165) is 37.9 Å². The maximum absolute atomic E-state index is 8.62. The summed E-state index contributed by atoms with van der Waals surface area (Å²) in [6.45, 7) is 5.75. The zero-order chi connectivity index (χ0) is 20.4. The molecule has 27 heavy (non-hydrogen) atoms. The van der Waals surface area contributed by atoms with Gasteiger partial charge in [0.05, 0.1) is 10.4 Å². The van der Waals surface area contributed by atoms with Gasteiger partial charge in [-0.25, -0.2) is 0 Å². The molecule has 0 amide bonds. The number of para-hydroxylation sites is 1. The fraction of sp³-hybridized carbons (Fsp3) is 0.208. The molecule has 5 aromatic rings. The summed E-state index contributed by atoms with van der Waals surface area (Å²) in [6, 6.07) is 16.0. The van der Waals surface area contributed by atoms with Crippen molar-refractivity contribution in [2.45, 2.75) is 27.1 Å². The predicted molar refractivity (Wildman–Crippen MR) is 115 cm³/mol. The molecule has 0 saturated carbocycles. The third-order valence-electron chi connectivity index (χ3n) is 4.64. The lowest BCUT2D eigenvalue weighted by Gasteiger charge is -2.18. The summed E-state index contributed by atoms with van der Waals surface area (Å²) in [5.41, 5.74) is 3.41. The van der Waals surface area contributed by atoms with Gasteiger partial charge in [0.15, 0.2) is 5.58 Å². The van der Waals surface area contributed by atoms with Crippen LogP contribution in [0.2, 0.25) is 0 Å². The summed E-state index contributed by atoms with van der Waals surface area (Å²) in [7, 11) is 0. The van der Waals surface area contributed by atoms with Crippen LogP contribution in [0.25, 0.3) is 43.3 Å². The van der Waals surface area contributed by atoms with Crippen LogP contribution in [0.5, 0.6) is 0 Å². The lowest BCUT2D eigenvalue weighted by molar-refractivity contribution is 0.411. The number of hydrogen-bond donors (Lipinski definition) is 0. The highest BCUT2D eigenvalue weighted by atomic mass is 32.1. The molecule has 0 unspecified atom stereocenters. The van der Waals surface area contributed by atoms with E-state index in [1.807, 2.05) is 39.0 Å². The summed E-state index contributed by atoms with van der Waals surface area (Å²) >= 11 is 1.68. The fourth-order valence-electron chi connectivity index (χ4n) is 3.57. The summed E-state index contributed by atoms with van der Waals surface area (Å²) in [6.07, 6.45) is 0.211. The van der Waals surface area contributed by atoms with Gasteiger partial charge < -0.3 is 4.42 Å². The van der Waals surface area contributed by atoms with Crippen molar-refractivity contribution in [3.05, 3.63) is 65.7 Å². The normalized spacial score (nSPS) is 14.0. The third-order valence-corrected chi connectivity index (χ3v) is 5.57. The lowest BCUT2D eigenvalue weighted by atomic mass is 9.88. The van der Waals surface area contributed by atoms with Crippen molar-refractivity contribution in [3.63, 3.8) is 0 Å². The number of pyridine rings is 1. The van der Waals surface area contributed by atoms with Gasteiger partial charge >= 0.3 is 0 Å². The van der Waals surface area contributed by atoms with Gasteiger partial charge in [-0.15, -0.1) is 11.3 Å². The number of furan rings is 1. The molecule has 0 aliphatic heterocycles. The first kappa shape index (κ1) is 14.4. The van der Waals surface area contributed by atoms with Crippen LogP contribution in [-0.2, 0) is 6.37 Å². The van der Waals surface area contributed by atoms with E-state index in [4.69, 9.17) is 7.16 Å². The minimum atomic E-state index is -1.48. The molecule has 0 N–H and O–H groups in total. The van der Waals surface area contributed by atoms with E-state index < -0.39 is 11.8 Å². The average Bonchev–Trinajstić information content (AvgIpc) is 3.31. The quantitative estimate of drug-likeness (QED) is 0.321. The summed E-state index contributed by atoms with van der Waals surface area (Å²) in [5, 5.41) is 5.41. The number of aromatic nitrogens is 1. The monoisotopic (exact) mass is 373 g/mol. The van der Waals surface area contributed by atoms with E-state index in [-0.39, 0.29) is 0 Å². The van der Waals surface area contributed by atoms with Crippen LogP contribution in [0.3, 0.4) is 0 Å². The van der Waals surface area contributed by atoms with Crippen molar-refractivity contribution < 1.29 is 7.16 Å². The molecule has 0 saturated heterocycles. The van der Waals surface area contributed by atoms with Crippen molar-refractivity contribution in [3.8, 4) is 11.3 Å². The molecule has 2 nitrogen and oxygen atoms in total. The molecule has 3 heterocycles. The summed E-state index contributed by atoms with van der Waals surface area (Å²) < 4.78 is 24.8. The van der Waals surface area contributed by atoms with Crippen LogP contribution >= 0.6 is 11.3 Å². The summed E-state index contributed by atoms with van der Waals surface area (Å²) in [4.78, 5) is 4.55. The minimum absolute atomic E-state index is 0.526. The predicted octanol–water partition coefficient (Wildman–Crippen LogP) is 7.45. The van der Waals surface area contributed by atoms with E-state index in [1.165, 1.54) is 5.39 Å². The smallest absolute Gasteiger partial charge is 0.153 e. The van der Waals surface area contributed by atoms with Gasteiger partial charge in [0.2, 0.25) is 0 Å². The highest BCUT2D eigenvalue weighted by Crippen LogP contribution is 2.39. The van der Waals surface area contributed by atoms with E-state index in [1.54, 1.807) is 23.6 Å². The number of thiophene rings is 1. The van der Waals surface area contributed by atoms with Crippen LogP contribution in [0, 0.1) is 5.41 Å². The highest BCUT2D eigenvalue weighted by molar-refractivity contribution is 7.18. The first-order chi connectivity index (χ1) is 13.8. The molecule has 5 rings (SSSR count). The second-order valence-electron chi connectivity index (χ2n) is 7.87. The van der Waals surface area contributed by atoms with Crippen molar-refractivity contribution in [2.75, 3.05) is 0 Å². The Morgan fingerprint density at radius 1 is 1.04 bits per heavy atom. The number of hydrogen-bond acceptors (Lipinski definition) is 3. The summed E-state index contributed by atoms with van der Waals surface area (Å²) in [5.74, 6) is 0. The first-order valence-electron chi connectivity index (χ1n) is 10.1. The molecule has 0 aliphatic carbocycles. The van der Waals surface area contributed by atoms with E-state index >= 15 is 0 Å². The zero-order valence-electron chi connectivity index (χ0n) is 17.5. The maximum Gasteiger partial charge on any atom is 0.153 e. The molecular weight excluding hydrogens is 350 g/mol. The number of rotatable bonds is 2. The Morgan fingerprint density at radius 3 is 2.74 bits per heavy atom. The molecule has 0 aliphatic rings. The Labute approximate surface area is 165 Å². The maximum atomic E-state index is 8.62. The van der Waals surface area contributed by atoms with Crippen LogP contribution in [0.4, 0.5) is 0 Å². The van der Waals surface area contributed by atoms with Gasteiger partial charge in [-0.1, -0.05) is 39.0 Å². The molecule has 2 aromatic carbocycles. The Hall–Kier alpha value is -2.65. The van der Waals surface area contributed by atoms with Crippen LogP contribution in [0.15, 0.2) is 64.5 Å². The molecule has 0 radical (unpaired) electrons. The molecule has 0 spiro atoms. The fourth-order valence-corrected chi connectivity index (χ4v) is 4.45. The van der Waals surface area contributed by atoms with Crippen LogP contribution in [-0.4, -0.2) is 4.98 Å². The standard InChI is InChI=1S/C24H21NOS/c1-24(2,3)14-15-9-11-25-20(13-15)19-6-4-5-17-18-8-7-16-10-12-27-23(16)22(18)26-21(17)19/h4-13H,14H2,1-3H3/i14D2. The van der Waals surface area contributed by atoms with Crippen LogP contribution < -0.4 is 0 Å². The minimum Gasteiger partial charge on any atom is -0.454 e. The van der Waals surface area contributed by atoms with Crippen molar-refractivity contribution >= 4 is 43.4 Å². The van der Waals surface area contributed by atoms with E-state index in [9.17, 15) is 0 Å².